The zero-order chi connectivity index (χ0) is 9.26. The Hall–Kier alpha value is -1.38. The lowest BCUT2D eigenvalue weighted by molar-refractivity contribution is -0.118. The zero-order valence-electron chi connectivity index (χ0n) is 7.25. The van der Waals surface area contributed by atoms with Crippen molar-refractivity contribution in [1.82, 2.24) is 4.98 Å². The first-order valence-electron chi connectivity index (χ1n) is 4.49. The SMILES string of the molecule is O=C1CCCC1c1cccc(=O)[nH]1. The lowest BCUT2D eigenvalue weighted by atomic mass is 10.0. The van der Waals surface area contributed by atoms with Gasteiger partial charge in [0.1, 0.15) is 5.78 Å². The van der Waals surface area contributed by atoms with Gasteiger partial charge in [-0.25, -0.2) is 0 Å². The van der Waals surface area contributed by atoms with Crippen LogP contribution < -0.4 is 5.56 Å². The van der Waals surface area contributed by atoms with Crippen molar-refractivity contribution in [3.8, 4) is 0 Å². The summed E-state index contributed by atoms with van der Waals surface area (Å²) in [7, 11) is 0. The molecule has 0 bridgehead atoms. The zero-order valence-corrected chi connectivity index (χ0v) is 7.25. The number of hydrogen-bond donors (Lipinski definition) is 1. The molecular formula is C10H11NO2. The Morgan fingerprint density at radius 1 is 1.31 bits per heavy atom. The lowest BCUT2D eigenvalue weighted by Crippen LogP contribution is -2.12. The second-order valence-corrected chi connectivity index (χ2v) is 3.38. The van der Waals surface area contributed by atoms with Crippen LogP contribution in [0.25, 0.3) is 0 Å². The van der Waals surface area contributed by atoms with Crippen molar-refractivity contribution in [1.29, 1.82) is 0 Å². The molecule has 0 radical (unpaired) electrons. The van der Waals surface area contributed by atoms with E-state index in [1.165, 1.54) is 6.07 Å². The Labute approximate surface area is 75.8 Å². The monoisotopic (exact) mass is 177 g/mol. The van der Waals surface area contributed by atoms with Gasteiger partial charge in [-0.2, -0.15) is 0 Å². The summed E-state index contributed by atoms with van der Waals surface area (Å²) in [6.07, 6.45) is 2.47. The van der Waals surface area contributed by atoms with Crippen LogP contribution in [-0.2, 0) is 4.79 Å². The van der Waals surface area contributed by atoms with Crippen LogP contribution in [0, 0.1) is 0 Å². The Morgan fingerprint density at radius 3 is 2.77 bits per heavy atom. The molecule has 1 aliphatic rings. The minimum absolute atomic E-state index is 0.0612. The molecule has 0 saturated heterocycles. The van der Waals surface area contributed by atoms with E-state index >= 15 is 0 Å². The summed E-state index contributed by atoms with van der Waals surface area (Å²) in [6.45, 7) is 0. The van der Waals surface area contributed by atoms with E-state index in [1.807, 2.05) is 6.07 Å². The van der Waals surface area contributed by atoms with Gasteiger partial charge in [0.25, 0.3) is 0 Å². The Balaban J connectivity index is 2.35. The van der Waals surface area contributed by atoms with E-state index in [0.717, 1.165) is 18.5 Å². The van der Waals surface area contributed by atoms with E-state index in [4.69, 9.17) is 0 Å². The van der Waals surface area contributed by atoms with Crippen molar-refractivity contribution in [2.45, 2.75) is 25.2 Å². The van der Waals surface area contributed by atoms with Gasteiger partial charge in [0.05, 0.1) is 5.92 Å². The summed E-state index contributed by atoms with van der Waals surface area (Å²) in [5.74, 6) is 0.191. The number of rotatable bonds is 1. The predicted octanol–water partition coefficient (Wildman–Crippen LogP) is 1.21. The van der Waals surface area contributed by atoms with Crippen LogP contribution in [0.5, 0.6) is 0 Å². The van der Waals surface area contributed by atoms with Crippen molar-refractivity contribution in [2.75, 3.05) is 0 Å². The van der Waals surface area contributed by atoms with Gasteiger partial charge in [0.2, 0.25) is 5.56 Å². The first-order valence-corrected chi connectivity index (χ1v) is 4.49. The highest BCUT2D eigenvalue weighted by molar-refractivity contribution is 5.87. The van der Waals surface area contributed by atoms with Crippen LogP contribution in [-0.4, -0.2) is 10.8 Å². The van der Waals surface area contributed by atoms with Crippen LogP contribution in [0.3, 0.4) is 0 Å². The number of Topliss-reactive ketones (excluding diaryl/α,β-unsaturated/α-hetero) is 1. The number of carbonyl (C=O) groups excluding carboxylic acids is 1. The molecule has 3 heteroatoms. The highest BCUT2D eigenvalue weighted by Gasteiger charge is 2.26. The Morgan fingerprint density at radius 2 is 2.15 bits per heavy atom. The number of aromatic amines is 1. The second kappa shape index (κ2) is 3.17. The lowest BCUT2D eigenvalue weighted by Gasteiger charge is -2.06. The Kier molecular flexibility index (Phi) is 2.00. The number of hydrogen-bond acceptors (Lipinski definition) is 2. The highest BCUT2D eigenvalue weighted by Crippen LogP contribution is 2.28. The van der Waals surface area contributed by atoms with Gasteiger partial charge in [0, 0.05) is 18.2 Å². The van der Waals surface area contributed by atoms with Gasteiger partial charge in [-0.3, -0.25) is 9.59 Å². The Bertz CT molecular complexity index is 381. The van der Waals surface area contributed by atoms with Crippen molar-refractivity contribution >= 4 is 5.78 Å². The maximum atomic E-state index is 11.4. The maximum absolute atomic E-state index is 11.4. The topological polar surface area (TPSA) is 49.9 Å². The van der Waals surface area contributed by atoms with Crippen molar-refractivity contribution in [2.24, 2.45) is 0 Å². The fraction of sp³-hybridized carbons (Fsp3) is 0.400. The van der Waals surface area contributed by atoms with Gasteiger partial charge < -0.3 is 4.98 Å². The fourth-order valence-electron chi connectivity index (χ4n) is 1.81. The summed E-state index contributed by atoms with van der Waals surface area (Å²) in [5.41, 5.74) is 0.646. The summed E-state index contributed by atoms with van der Waals surface area (Å²) in [6, 6.07) is 4.97. The minimum Gasteiger partial charge on any atom is -0.325 e. The van der Waals surface area contributed by atoms with Gasteiger partial charge in [0.15, 0.2) is 0 Å². The summed E-state index contributed by atoms with van der Waals surface area (Å²) >= 11 is 0. The molecule has 1 N–H and O–H groups in total. The first kappa shape index (κ1) is 8.23. The molecule has 0 aromatic carbocycles. The number of aromatic nitrogens is 1. The maximum Gasteiger partial charge on any atom is 0.248 e. The van der Waals surface area contributed by atoms with Crippen molar-refractivity contribution < 1.29 is 4.79 Å². The van der Waals surface area contributed by atoms with E-state index in [9.17, 15) is 9.59 Å². The highest BCUT2D eigenvalue weighted by atomic mass is 16.1. The molecule has 1 saturated carbocycles. The van der Waals surface area contributed by atoms with Gasteiger partial charge in [-0.05, 0) is 18.9 Å². The summed E-state index contributed by atoms with van der Waals surface area (Å²) in [5, 5.41) is 0. The van der Waals surface area contributed by atoms with E-state index < -0.39 is 0 Å². The van der Waals surface area contributed by atoms with E-state index in [-0.39, 0.29) is 17.3 Å². The summed E-state index contributed by atoms with van der Waals surface area (Å²) < 4.78 is 0. The molecule has 1 fully saturated rings. The third-order valence-electron chi connectivity index (χ3n) is 2.47. The van der Waals surface area contributed by atoms with Crippen molar-refractivity contribution in [3.63, 3.8) is 0 Å². The molecule has 2 rings (SSSR count). The molecular weight excluding hydrogens is 166 g/mol. The predicted molar refractivity (Wildman–Crippen MR) is 48.7 cm³/mol. The van der Waals surface area contributed by atoms with E-state index in [1.54, 1.807) is 6.07 Å². The van der Waals surface area contributed by atoms with Crippen LogP contribution in [0.15, 0.2) is 23.0 Å². The van der Waals surface area contributed by atoms with Gasteiger partial charge in [-0.1, -0.05) is 6.07 Å². The van der Waals surface area contributed by atoms with Gasteiger partial charge >= 0.3 is 0 Å². The molecule has 3 nitrogen and oxygen atoms in total. The number of pyridine rings is 1. The van der Waals surface area contributed by atoms with Crippen LogP contribution in [0.4, 0.5) is 0 Å². The third-order valence-corrected chi connectivity index (χ3v) is 2.47. The molecule has 68 valence electrons. The molecule has 1 unspecified atom stereocenters. The minimum atomic E-state index is -0.128. The normalized spacial score (nSPS) is 22.2. The van der Waals surface area contributed by atoms with Crippen molar-refractivity contribution in [3.05, 3.63) is 34.2 Å². The molecule has 1 atom stereocenters. The molecule has 1 aromatic rings. The van der Waals surface area contributed by atoms with E-state index in [0.29, 0.717) is 6.42 Å². The van der Waals surface area contributed by atoms with Crippen LogP contribution in [0.1, 0.15) is 30.9 Å². The molecule has 1 aromatic heterocycles. The number of ketones is 1. The standard InChI is InChI=1S/C10H11NO2/c12-9-5-1-3-7(9)8-4-2-6-10(13)11-8/h2,4,6-7H,1,3,5H2,(H,11,13). The summed E-state index contributed by atoms with van der Waals surface area (Å²) in [4.78, 5) is 25.1. The van der Waals surface area contributed by atoms with Crippen LogP contribution in [0.2, 0.25) is 0 Å². The van der Waals surface area contributed by atoms with Crippen LogP contribution >= 0.6 is 0 Å². The average Bonchev–Trinajstić information content (AvgIpc) is 2.51. The molecule has 13 heavy (non-hydrogen) atoms. The average molecular weight is 177 g/mol. The molecule has 0 spiro atoms. The quantitative estimate of drug-likeness (QED) is 0.701. The smallest absolute Gasteiger partial charge is 0.248 e. The van der Waals surface area contributed by atoms with E-state index in [2.05, 4.69) is 4.98 Å². The first-order chi connectivity index (χ1) is 6.27. The molecule has 1 aliphatic carbocycles. The number of carbonyl (C=O) groups is 1. The molecule has 0 aliphatic heterocycles. The fourth-order valence-corrected chi connectivity index (χ4v) is 1.81. The molecule has 1 heterocycles. The second-order valence-electron chi connectivity index (χ2n) is 3.38. The molecule has 0 amide bonds. The number of nitrogens with one attached hydrogen (secondary N) is 1. The largest absolute Gasteiger partial charge is 0.325 e. The third kappa shape index (κ3) is 1.54. The van der Waals surface area contributed by atoms with Gasteiger partial charge in [-0.15, -0.1) is 0 Å². The number of H-pyrrole nitrogens is 1.